The van der Waals surface area contributed by atoms with Crippen LogP contribution in [0.15, 0.2) is 48.5 Å². The lowest BCUT2D eigenvalue weighted by atomic mass is 10.1. The highest BCUT2D eigenvalue weighted by Crippen LogP contribution is 2.12. The Morgan fingerprint density at radius 2 is 1.62 bits per heavy atom. The Morgan fingerprint density at radius 3 is 2.17 bits per heavy atom. The van der Waals surface area contributed by atoms with Crippen molar-refractivity contribution in [3.8, 4) is 0 Å². The SMILES string of the molecule is O=C(O)C(Cc1cc(F)cc(F)c1)NS(=O)(=O)Cc1ccccc1. The summed E-state index contributed by atoms with van der Waals surface area (Å²) in [5.41, 5.74) is 0.535. The predicted molar refractivity (Wildman–Crippen MR) is 83.7 cm³/mol. The molecule has 0 fully saturated rings. The van der Waals surface area contributed by atoms with Crippen LogP contribution in [0.1, 0.15) is 11.1 Å². The second-order valence-corrected chi connectivity index (χ2v) is 6.99. The van der Waals surface area contributed by atoms with Crippen molar-refractivity contribution in [1.82, 2.24) is 4.72 Å². The lowest BCUT2D eigenvalue weighted by molar-refractivity contribution is -0.138. The van der Waals surface area contributed by atoms with Gasteiger partial charge in [0.25, 0.3) is 0 Å². The summed E-state index contributed by atoms with van der Waals surface area (Å²) in [5.74, 6) is -3.55. The first-order chi connectivity index (χ1) is 11.2. The molecule has 2 rings (SSSR count). The molecule has 1 atom stereocenters. The monoisotopic (exact) mass is 355 g/mol. The molecule has 0 saturated carbocycles. The largest absolute Gasteiger partial charge is 0.480 e. The molecule has 2 aromatic rings. The van der Waals surface area contributed by atoms with Gasteiger partial charge >= 0.3 is 5.97 Å². The van der Waals surface area contributed by atoms with Crippen LogP contribution >= 0.6 is 0 Å². The molecule has 0 aromatic heterocycles. The number of sulfonamides is 1. The Morgan fingerprint density at radius 1 is 1.04 bits per heavy atom. The maximum Gasteiger partial charge on any atom is 0.322 e. The van der Waals surface area contributed by atoms with Crippen molar-refractivity contribution >= 4 is 16.0 Å². The van der Waals surface area contributed by atoms with Crippen LogP contribution in [-0.2, 0) is 27.0 Å². The minimum absolute atomic E-state index is 0.0438. The number of aliphatic carboxylic acids is 1. The molecule has 5 nitrogen and oxygen atoms in total. The zero-order valence-corrected chi connectivity index (χ0v) is 13.3. The minimum atomic E-state index is -3.94. The van der Waals surface area contributed by atoms with Crippen molar-refractivity contribution in [2.24, 2.45) is 0 Å². The summed E-state index contributed by atoms with van der Waals surface area (Å²) in [5, 5.41) is 9.19. The molecule has 0 bridgehead atoms. The lowest BCUT2D eigenvalue weighted by Crippen LogP contribution is -2.42. The van der Waals surface area contributed by atoms with Crippen molar-refractivity contribution < 1.29 is 27.1 Å². The van der Waals surface area contributed by atoms with Gasteiger partial charge in [-0.3, -0.25) is 4.79 Å². The molecule has 8 heteroatoms. The van der Waals surface area contributed by atoms with Crippen LogP contribution < -0.4 is 4.72 Å². The molecule has 128 valence electrons. The van der Waals surface area contributed by atoms with Crippen LogP contribution in [0.2, 0.25) is 0 Å². The Hall–Kier alpha value is -2.32. The first-order valence-electron chi connectivity index (χ1n) is 6.97. The Balaban J connectivity index is 2.14. The zero-order chi connectivity index (χ0) is 17.7. The summed E-state index contributed by atoms with van der Waals surface area (Å²) in [6, 6.07) is 9.29. The topological polar surface area (TPSA) is 83.5 Å². The van der Waals surface area contributed by atoms with Crippen LogP contribution in [0, 0.1) is 11.6 Å². The van der Waals surface area contributed by atoms with Crippen LogP contribution in [0.4, 0.5) is 8.78 Å². The number of hydrogen-bond acceptors (Lipinski definition) is 3. The molecule has 2 N–H and O–H groups in total. The van der Waals surface area contributed by atoms with Gasteiger partial charge in [-0.2, -0.15) is 0 Å². The van der Waals surface area contributed by atoms with Gasteiger partial charge in [0.1, 0.15) is 17.7 Å². The number of rotatable bonds is 7. The van der Waals surface area contributed by atoms with Crippen LogP contribution in [-0.4, -0.2) is 25.5 Å². The summed E-state index contributed by atoms with van der Waals surface area (Å²) < 4.78 is 52.6. The molecule has 0 radical (unpaired) electrons. The standard InChI is InChI=1S/C16H15F2NO4S/c17-13-6-12(7-14(18)9-13)8-15(16(20)21)19-24(22,23)10-11-4-2-1-3-5-11/h1-7,9,15,19H,8,10H2,(H,20,21). The first kappa shape index (κ1) is 18.0. The molecule has 0 amide bonds. The van der Waals surface area contributed by atoms with E-state index >= 15 is 0 Å². The third-order valence-electron chi connectivity index (χ3n) is 3.18. The fourth-order valence-corrected chi connectivity index (χ4v) is 3.53. The van der Waals surface area contributed by atoms with Crippen LogP contribution in [0.5, 0.6) is 0 Å². The third-order valence-corrected chi connectivity index (χ3v) is 4.54. The van der Waals surface area contributed by atoms with E-state index in [1.54, 1.807) is 30.3 Å². The molecule has 0 aliphatic rings. The fraction of sp³-hybridized carbons (Fsp3) is 0.188. The van der Waals surface area contributed by atoms with Crippen molar-refractivity contribution in [3.05, 3.63) is 71.3 Å². The van der Waals surface area contributed by atoms with E-state index in [4.69, 9.17) is 0 Å². The summed E-state index contributed by atoms with van der Waals surface area (Å²) in [6.07, 6.45) is -0.377. The van der Waals surface area contributed by atoms with E-state index in [1.165, 1.54) is 0 Å². The van der Waals surface area contributed by atoms with E-state index in [1.807, 2.05) is 0 Å². The van der Waals surface area contributed by atoms with Crippen molar-refractivity contribution in [3.63, 3.8) is 0 Å². The van der Waals surface area contributed by atoms with E-state index in [9.17, 15) is 27.1 Å². The third kappa shape index (κ3) is 5.39. The smallest absolute Gasteiger partial charge is 0.322 e. The van der Waals surface area contributed by atoms with E-state index < -0.39 is 39.4 Å². The minimum Gasteiger partial charge on any atom is -0.480 e. The maximum absolute atomic E-state index is 13.2. The molecular formula is C16H15F2NO4S. The number of carboxylic acids is 1. The summed E-state index contributed by atoms with van der Waals surface area (Å²) >= 11 is 0. The highest BCUT2D eigenvalue weighted by Gasteiger charge is 2.25. The van der Waals surface area contributed by atoms with E-state index in [0.717, 1.165) is 12.1 Å². The molecule has 1 unspecified atom stereocenters. The van der Waals surface area contributed by atoms with E-state index in [0.29, 0.717) is 11.6 Å². The molecule has 0 aliphatic heterocycles. The normalized spacial score (nSPS) is 12.8. The van der Waals surface area contributed by atoms with Crippen LogP contribution in [0.25, 0.3) is 0 Å². The van der Waals surface area contributed by atoms with Crippen molar-refractivity contribution in [2.75, 3.05) is 0 Å². The average Bonchev–Trinajstić information content (AvgIpc) is 2.45. The van der Waals surface area contributed by atoms with Gasteiger partial charge in [-0.25, -0.2) is 21.9 Å². The average molecular weight is 355 g/mol. The van der Waals surface area contributed by atoms with Crippen molar-refractivity contribution in [1.29, 1.82) is 0 Å². The second kappa shape index (κ2) is 7.50. The summed E-state index contributed by atoms with van der Waals surface area (Å²) in [6.45, 7) is 0. The zero-order valence-electron chi connectivity index (χ0n) is 12.4. The first-order valence-corrected chi connectivity index (χ1v) is 8.62. The summed E-state index contributed by atoms with van der Waals surface area (Å²) in [4.78, 5) is 11.3. The van der Waals surface area contributed by atoms with Gasteiger partial charge in [0.2, 0.25) is 10.0 Å². The van der Waals surface area contributed by atoms with Gasteiger partial charge in [0.05, 0.1) is 5.75 Å². The number of nitrogens with one attached hydrogen (secondary N) is 1. The van der Waals surface area contributed by atoms with E-state index in [2.05, 4.69) is 4.72 Å². The molecule has 24 heavy (non-hydrogen) atoms. The summed E-state index contributed by atoms with van der Waals surface area (Å²) in [7, 11) is -3.94. The predicted octanol–water partition coefficient (Wildman–Crippen LogP) is 2.08. The Kier molecular flexibility index (Phi) is 5.63. The maximum atomic E-state index is 13.2. The van der Waals surface area contributed by atoms with Crippen LogP contribution in [0.3, 0.4) is 0 Å². The van der Waals surface area contributed by atoms with Gasteiger partial charge in [-0.15, -0.1) is 0 Å². The van der Waals surface area contributed by atoms with Gasteiger partial charge < -0.3 is 5.11 Å². The number of hydrogen-bond donors (Lipinski definition) is 2. The number of halogens is 2. The van der Waals surface area contributed by atoms with Gasteiger partial charge in [0.15, 0.2) is 0 Å². The molecule has 0 heterocycles. The Labute approximate surface area is 138 Å². The second-order valence-electron chi connectivity index (χ2n) is 5.24. The number of carboxylic acid groups (broad SMARTS) is 1. The quantitative estimate of drug-likeness (QED) is 0.797. The highest BCUT2D eigenvalue weighted by molar-refractivity contribution is 7.88. The highest BCUT2D eigenvalue weighted by atomic mass is 32.2. The number of benzene rings is 2. The van der Waals surface area contributed by atoms with E-state index in [-0.39, 0.29) is 12.0 Å². The lowest BCUT2D eigenvalue weighted by Gasteiger charge is -2.15. The van der Waals surface area contributed by atoms with Gasteiger partial charge in [-0.05, 0) is 29.7 Å². The molecule has 2 aromatic carbocycles. The van der Waals surface area contributed by atoms with Crippen molar-refractivity contribution in [2.45, 2.75) is 18.2 Å². The number of carbonyl (C=O) groups is 1. The van der Waals surface area contributed by atoms with Gasteiger partial charge in [-0.1, -0.05) is 30.3 Å². The fourth-order valence-electron chi connectivity index (χ4n) is 2.20. The Bertz CT molecular complexity index is 805. The molecule has 0 aliphatic carbocycles. The molecule has 0 spiro atoms. The van der Waals surface area contributed by atoms with Gasteiger partial charge in [0, 0.05) is 6.07 Å². The molecular weight excluding hydrogens is 340 g/mol. The molecule has 0 saturated heterocycles.